The van der Waals surface area contributed by atoms with E-state index < -0.39 is 35.3 Å². The van der Waals surface area contributed by atoms with Crippen LogP contribution in [0.25, 0.3) is 0 Å². The third-order valence-electron chi connectivity index (χ3n) is 4.24. The molecule has 0 spiro atoms. The topological polar surface area (TPSA) is 76.7 Å². The Morgan fingerprint density at radius 1 is 0.818 bits per heavy atom. The first-order valence-electron chi connectivity index (χ1n) is 11.0. The Kier molecular flexibility index (Phi) is 8.67. The molecular formula is C27H34N2O4. The van der Waals surface area contributed by atoms with E-state index in [0.29, 0.717) is 5.69 Å². The molecule has 0 fully saturated rings. The van der Waals surface area contributed by atoms with Crippen LogP contribution in [-0.4, -0.2) is 35.3 Å². The third kappa shape index (κ3) is 9.80. The SMILES string of the molecule is C[C@H](OC(C)(C)C)C(NC(=O)OC(C)(C)C)C(=O)Nc1ccc(C#Cc2ccccc2)cc1. The highest BCUT2D eigenvalue weighted by Gasteiger charge is 2.32. The molecule has 0 bridgehead atoms. The summed E-state index contributed by atoms with van der Waals surface area (Å²) in [5.41, 5.74) is 1.16. The van der Waals surface area contributed by atoms with Crippen LogP contribution < -0.4 is 10.6 Å². The fraction of sp³-hybridized carbons (Fsp3) is 0.407. The molecule has 0 aliphatic carbocycles. The molecule has 0 aliphatic rings. The van der Waals surface area contributed by atoms with Crippen molar-refractivity contribution < 1.29 is 19.1 Å². The van der Waals surface area contributed by atoms with Gasteiger partial charge in [0.15, 0.2) is 0 Å². The van der Waals surface area contributed by atoms with Crippen LogP contribution in [0, 0.1) is 11.8 Å². The first-order valence-corrected chi connectivity index (χ1v) is 11.0. The van der Waals surface area contributed by atoms with Crippen LogP contribution in [-0.2, 0) is 14.3 Å². The second-order valence-electron chi connectivity index (χ2n) is 9.74. The molecule has 6 nitrogen and oxygen atoms in total. The largest absolute Gasteiger partial charge is 0.444 e. The van der Waals surface area contributed by atoms with Gasteiger partial charge in [0, 0.05) is 16.8 Å². The van der Waals surface area contributed by atoms with Crippen molar-refractivity contribution in [3.8, 4) is 11.8 Å². The maximum Gasteiger partial charge on any atom is 0.408 e. The Hall–Kier alpha value is -3.30. The number of rotatable bonds is 5. The van der Waals surface area contributed by atoms with E-state index in [0.717, 1.165) is 11.1 Å². The van der Waals surface area contributed by atoms with E-state index in [-0.39, 0.29) is 0 Å². The van der Waals surface area contributed by atoms with Crippen molar-refractivity contribution in [3.63, 3.8) is 0 Å². The molecule has 33 heavy (non-hydrogen) atoms. The first-order chi connectivity index (χ1) is 15.3. The number of carbonyl (C=O) groups is 2. The molecule has 2 atom stereocenters. The summed E-state index contributed by atoms with van der Waals surface area (Å²) in [6, 6.07) is 16.0. The molecule has 176 valence electrons. The Morgan fingerprint density at radius 3 is 1.88 bits per heavy atom. The van der Waals surface area contributed by atoms with Crippen LogP contribution in [0.15, 0.2) is 54.6 Å². The number of carbonyl (C=O) groups excluding carboxylic acids is 2. The molecule has 2 rings (SSSR count). The second kappa shape index (κ2) is 11.0. The third-order valence-corrected chi connectivity index (χ3v) is 4.24. The highest BCUT2D eigenvalue weighted by atomic mass is 16.6. The van der Waals surface area contributed by atoms with Gasteiger partial charge in [-0.15, -0.1) is 0 Å². The zero-order valence-corrected chi connectivity index (χ0v) is 20.5. The maximum absolute atomic E-state index is 13.0. The van der Waals surface area contributed by atoms with Crippen molar-refractivity contribution in [2.75, 3.05) is 5.32 Å². The predicted octanol–water partition coefficient (Wildman–Crippen LogP) is 5.12. The van der Waals surface area contributed by atoms with Crippen molar-refractivity contribution in [2.24, 2.45) is 0 Å². The monoisotopic (exact) mass is 450 g/mol. The molecule has 0 radical (unpaired) electrons. The number of anilines is 1. The van der Waals surface area contributed by atoms with Crippen LogP contribution >= 0.6 is 0 Å². The summed E-state index contributed by atoms with van der Waals surface area (Å²) >= 11 is 0. The normalized spacial score (nSPS) is 13.2. The standard InChI is InChI=1S/C27H34N2O4/c1-19(32-26(2,3)4)23(29-25(31)33-27(5,6)7)24(30)28-22-17-15-21(16-18-22)14-13-20-11-9-8-10-12-20/h8-12,15-19,23H,1-7H3,(H,28,30)(H,29,31)/t19-,23?/m0/s1. The average molecular weight is 451 g/mol. The van der Waals surface area contributed by atoms with Gasteiger partial charge in [-0.05, 0) is 84.9 Å². The number of amides is 2. The summed E-state index contributed by atoms with van der Waals surface area (Å²) in [5.74, 6) is 5.80. The number of nitrogens with one attached hydrogen (secondary N) is 2. The van der Waals surface area contributed by atoms with Gasteiger partial charge in [-0.3, -0.25) is 4.79 Å². The Bertz CT molecular complexity index is 991. The van der Waals surface area contributed by atoms with Crippen LogP contribution in [0.3, 0.4) is 0 Å². The van der Waals surface area contributed by atoms with Crippen molar-refractivity contribution >= 4 is 17.7 Å². The molecule has 6 heteroatoms. The van der Waals surface area contributed by atoms with Gasteiger partial charge in [0.1, 0.15) is 11.6 Å². The average Bonchev–Trinajstić information content (AvgIpc) is 2.69. The van der Waals surface area contributed by atoms with Crippen LogP contribution in [0.4, 0.5) is 10.5 Å². The van der Waals surface area contributed by atoms with E-state index in [9.17, 15) is 9.59 Å². The predicted molar refractivity (Wildman–Crippen MR) is 131 cm³/mol. The molecule has 2 aromatic rings. The quantitative estimate of drug-likeness (QED) is 0.620. The lowest BCUT2D eigenvalue weighted by molar-refractivity contribution is -0.126. The minimum atomic E-state index is -0.948. The van der Waals surface area contributed by atoms with E-state index >= 15 is 0 Å². The first kappa shape index (κ1) is 26.0. The fourth-order valence-corrected chi connectivity index (χ4v) is 2.98. The zero-order chi connectivity index (χ0) is 24.6. The molecule has 0 saturated carbocycles. The lowest BCUT2D eigenvalue weighted by Crippen LogP contribution is -2.53. The summed E-state index contributed by atoms with van der Waals surface area (Å²) in [4.78, 5) is 25.4. The summed E-state index contributed by atoms with van der Waals surface area (Å²) in [6.07, 6.45) is -1.27. The van der Waals surface area contributed by atoms with E-state index in [4.69, 9.17) is 9.47 Å². The summed E-state index contributed by atoms with van der Waals surface area (Å²) in [6.45, 7) is 12.7. The molecule has 2 aromatic carbocycles. The Balaban J connectivity index is 2.11. The second-order valence-corrected chi connectivity index (χ2v) is 9.74. The van der Waals surface area contributed by atoms with E-state index in [2.05, 4.69) is 22.5 Å². The van der Waals surface area contributed by atoms with Crippen molar-refractivity contribution in [1.29, 1.82) is 0 Å². The highest BCUT2D eigenvalue weighted by Crippen LogP contribution is 2.16. The summed E-state index contributed by atoms with van der Waals surface area (Å²) in [5, 5.41) is 5.49. The van der Waals surface area contributed by atoms with Gasteiger partial charge >= 0.3 is 6.09 Å². The van der Waals surface area contributed by atoms with Gasteiger partial charge in [-0.25, -0.2) is 4.79 Å². The van der Waals surface area contributed by atoms with Gasteiger partial charge < -0.3 is 20.1 Å². The zero-order valence-electron chi connectivity index (χ0n) is 20.5. The summed E-state index contributed by atoms with van der Waals surface area (Å²) < 4.78 is 11.3. The van der Waals surface area contributed by atoms with Gasteiger partial charge in [0.05, 0.1) is 11.7 Å². The van der Waals surface area contributed by atoms with Crippen LogP contribution in [0.1, 0.15) is 59.6 Å². The smallest absolute Gasteiger partial charge is 0.408 e. The fourth-order valence-electron chi connectivity index (χ4n) is 2.98. The van der Waals surface area contributed by atoms with E-state index in [1.165, 1.54) is 0 Å². The number of hydrogen-bond donors (Lipinski definition) is 2. The van der Waals surface area contributed by atoms with Gasteiger partial charge in [0.2, 0.25) is 5.91 Å². The lowest BCUT2D eigenvalue weighted by Gasteiger charge is -2.31. The molecule has 0 saturated heterocycles. The van der Waals surface area contributed by atoms with Crippen LogP contribution in [0.5, 0.6) is 0 Å². The van der Waals surface area contributed by atoms with Gasteiger partial charge in [-0.2, -0.15) is 0 Å². The highest BCUT2D eigenvalue weighted by molar-refractivity contribution is 5.97. The maximum atomic E-state index is 13.0. The number of ether oxygens (including phenoxy) is 2. The van der Waals surface area contributed by atoms with Gasteiger partial charge in [-0.1, -0.05) is 30.0 Å². The number of alkyl carbamates (subject to hydrolysis) is 1. The molecule has 0 aromatic heterocycles. The molecule has 2 amide bonds. The minimum absolute atomic E-state index is 0.402. The molecule has 0 heterocycles. The molecular weight excluding hydrogens is 416 g/mol. The van der Waals surface area contributed by atoms with E-state index in [1.54, 1.807) is 39.8 Å². The minimum Gasteiger partial charge on any atom is -0.444 e. The van der Waals surface area contributed by atoms with Crippen molar-refractivity contribution in [1.82, 2.24) is 5.32 Å². The molecule has 0 aliphatic heterocycles. The van der Waals surface area contributed by atoms with Crippen molar-refractivity contribution in [2.45, 2.75) is 71.8 Å². The Morgan fingerprint density at radius 2 is 1.36 bits per heavy atom. The Labute approximate surface area is 197 Å². The molecule has 1 unspecified atom stereocenters. The summed E-state index contributed by atoms with van der Waals surface area (Å²) in [7, 11) is 0. The number of benzene rings is 2. The van der Waals surface area contributed by atoms with Gasteiger partial charge in [0.25, 0.3) is 0 Å². The van der Waals surface area contributed by atoms with Crippen LogP contribution in [0.2, 0.25) is 0 Å². The molecule has 2 N–H and O–H groups in total. The number of hydrogen-bond acceptors (Lipinski definition) is 4. The van der Waals surface area contributed by atoms with E-state index in [1.807, 2.05) is 63.2 Å². The van der Waals surface area contributed by atoms with Crippen molar-refractivity contribution in [3.05, 3.63) is 65.7 Å². The lowest BCUT2D eigenvalue weighted by atomic mass is 10.1.